The molecule has 0 bridgehead atoms. The number of hydrogen-bond donors (Lipinski definition) is 2. The average Bonchev–Trinajstić information content (AvgIpc) is 3.01. The molecule has 0 fully saturated rings. The van der Waals surface area contributed by atoms with Crippen molar-refractivity contribution in [3.63, 3.8) is 0 Å². The Balaban J connectivity index is 2.11. The van der Waals surface area contributed by atoms with Crippen molar-refractivity contribution in [2.45, 2.75) is 0 Å². The molecule has 2 heterocycles. The highest BCUT2D eigenvalue weighted by Crippen LogP contribution is 2.27. The molecule has 2 aromatic heterocycles. The van der Waals surface area contributed by atoms with Crippen LogP contribution in [-0.4, -0.2) is 19.2 Å². The van der Waals surface area contributed by atoms with Gasteiger partial charge in [-0.05, 0) is 42.5 Å². The minimum Gasteiger partial charge on any atom is -0.399 e. The van der Waals surface area contributed by atoms with Gasteiger partial charge >= 0.3 is 0 Å². The molecule has 6 heteroatoms. The van der Waals surface area contributed by atoms with Crippen LogP contribution in [0.2, 0.25) is 0 Å². The van der Waals surface area contributed by atoms with Crippen molar-refractivity contribution in [1.29, 1.82) is 0 Å². The van der Waals surface area contributed by atoms with Crippen LogP contribution in [0.1, 0.15) is 0 Å². The number of hydrogen-bond acceptors (Lipinski definition) is 4. The summed E-state index contributed by atoms with van der Waals surface area (Å²) in [7, 11) is 1.97. The summed E-state index contributed by atoms with van der Waals surface area (Å²) in [6.45, 7) is 0. The highest BCUT2D eigenvalue weighted by Gasteiger charge is 2.16. The monoisotopic (exact) mass is 278 g/mol. The molecule has 4 aromatic rings. The second kappa shape index (κ2) is 3.99. The minimum atomic E-state index is 0.715. The van der Waals surface area contributed by atoms with Gasteiger partial charge in [-0.15, -0.1) is 10.2 Å². The number of rotatable bonds is 1. The van der Waals surface area contributed by atoms with Crippen molar-refractivity contribution in [3.05, 3.63) is 42.5 Å². The smallest absolute Gasteiger partial charge is 0.236 e. The first-order valence-corrected chi connectivity index (χ1v) is 6.60. The normalized spacial score (nSPS) is 11.5. The van der Waals surface area contributed by atoms with Crippen LogP contribution in [0.4, 0.5) is 11.4 Å². The van der Waals surface area contributed by atoms with E-state index in [2.05, 4.69) is 10.2 Å². The first-order valence-electron chi connectivity index (χ1n) is 6.60. The predicted molar refractivity (Wildman–Crippen MR) is 83.7 cm³/mol. The number of nitrogens with zero attached hydrogens (tertiary/aromatic N) is 4. The van der Waals surface area contributed by atoms with Gasteiger partial charge in [-0.2, -0.15) is 0 Å². The van der Waals surface area contributed by atoms with E-state index >= 15 is 0 Å². The van der Waals surface area contributed by atoms with Crippen molar-refractivity contribution >= 4 is 28.2 Å². The van der Waals surface area contributed by atoms with Crippen molar-refractivity contribution in [2.24, 2.45) is 7.05 Å². The van der Waals surface area contributed by atoms with E-state index in [4.69, 9.17) is 11.5 Å². The van der Waals surface area contributed by atoms with Crippen LogP contribution in [0, 0.1) is 0 Å². The summed E-state index contributed by atoms with van der Waals surface area (Å²) in [4.78, 5) is 0. The summed E-state index contributed by atoms with van der Waals surface area (Å²) >= 11 is 0. The van der Waals surface area contributed by atoms with Crippen molar-refractivity contribution in [1.82, 2.24) is 19.2 Å². The van der Waals surface area contributed by atoms with Gasteiger partial charge in [0.15, 0.2) is 5.82 Å². The first-order chi connectivity index (χ1) is 10.1. The third kappa shape index (κ3) is 1.59. The van der Waals surface area contributed by atoms with E-state index in [0.717, 1.165) is 33.9 Å². The predicted octanol–water partition coefficient (Wildman–Crippen LogP) is 2.05. The van der Waals surface area contributed by atoms with Crippen molar-refractivity contribution in [2.75, 3.05) is 11.5 Å². The van der Waals surface area contributed by atoms with E-state index in [1.54, 1.807) is 0 Å². The van der Waals surface area contributed by atoms with E-state index in [1.165, 1.54) is 0 Å². The third-order valence-electron chi connectivity index (χ3n) is 3.72. The molecule has 0 spiro atoms. The quantitative estimate of drug-likeness (QED) is 0.522. The molecule has 0 atom stereocenters. The number of imidazole rings is 1. The fraction of sp³-hybridized carbons (Fsp3) is 0.0667. The third-order valence-corrected chi connectivity index (χ3v) is 3.72. The molecule has 6 nitrogen and oxygen atoms in total. The van der Waals surface area contributed by atoms with Crippen LogP contribution >= 0.6 is 0 Å². The van der Waals surface area contributed by atoms with Gasteiger partial charge in [0.1, 0.15) is 0 Å². The summed E-state index contributed by atoms with van der Waals surface area (Å²) in [6, 6.07) is 13.4. The molecule has 0 aliphatic carbocycles. The van der Waals surface area contributed by atoms with Crippen LogP contribution in [-0.2, 0) is 7.05 Å². The Morgan fingerprint density at radius 2 is 1.57 bits per heavy atom. The van der Waals surface area contributed by atoms with Gasteiger partial charge in [0.25, 0.3) is 0 Å². The lowest BCUT2D eigenvalue weighted by molar-refractivity contribution is 0.954. The zero-order chi connectivity index (χ0) is 14.6. The Morgan fingerprint density at radius 1 is 0.857 bits per heavy atom. The molecule has 21 heavy (non-hydrogen) atoms. The van der Waals surface area contributed by atoms with Gasteiger partial charge in [0.05, 0.1) is 11.0 Å². The zero-order valence-corrected chi connectivity index (χ0v) is 11.5. The molecule has 0 amide bonds. The number of nitrogens with two attached hydrogens (primary N) is 2. The topological polar surface area (TPSA) is 87.2 Å². The average molecular weight is 278 g/mol. The fourth-order valence-electron chi connectivity index (χ4n) is 2.65. The van der Waals surface area contributed by atoms with Crippen LogP contribution < -0.4 is 11.5 Å². The Hall–Kier alpha value is -3.02. The van der Waals surface area contributed by atoms with Gasteiger partial charge in [-0.25, -0.2) is 0 Å². The SMILES string of the molecule is Cn1c2ccc(N)cc2n2c(-c3ccc(N)cc3)nnc12. The molecule has 0 saturated carbocycles. The number of nitrogen functional groups attached to an aromatic ring is 2. The summed E-state index contributed by atoms with van der Waals surface area (Å²) < 4.78 is 4.01. The summed E-state index contributed by atoms with van der Waals surface area (Å²) in [5.74, 6) is 1.56. The molecule has 0 aliphatic heterocycles. The highest BCUT2D eigenvalue weighted by atomic mass is 15.3. The van der Waals surface area contributed by atoms with Crippen LogP contribution in [0.3, 0.4) is 0 Å². The molecule has 0 unspecified atom stereocenters. The second-order valence-corrected chi connectivity index (χ2v) is 5.09. The second-order valence-electron chi connectivity index (χ2n) is 5.09. The molecule has 0 radical (unpaired) electrons. The highest BCUT2D eigenvalue weighted by molar-refractivity contribution is 5.85. The summed E-state index contributed by atoms with van der Waals surface area (Å²) in [6.07, 6.45) is 0. The van der Waals surface area contributed by atoms with Gasteiger partial charge in [-0.1, -0.05) is 0 Å². The van der Waals surface area contributed by atoms with Crippen LogP contribution in [0.15, 0.2) is 42.5 Å². The molecule has 4 N–H and O–H groups in total. The molecule has 0 saturated heterocycles. The fourth-order valence-corrected chi connectivity index (χ4v) is 2.65. The lowest BCUT2D eigenvalue weighted by Crippen LogP contribution is -1.90. The minimum absolute atomic E-state index is 0.715. The van der Waals surface area contributed by atoms with Gasteiger partial charge in [-0.3, -0.25) is 4.40 Å². The Morgan fingerprint density at radius 3 is 2.33 bits per heavy atom. The number of aromatic nitrogens is 4. The van der Waals surface area contributed by atoms with Gasteiger partial charge < -0.3 is 16.0 Å². The summed E-state index contributed by atoms with van der Waals surface area (Å²) in [5.41, 5.74) is 16.1. The molecule has 4 rings (SSSR count). The molecule has 0 aliphatic rings. The van der Waals surface area contributed by atoms with Crippen LogP contribution in [0.25, 0.3) is 28.2 Å². The van der Waals surface area contributed by atoms with E-state index < -0.39 is 0 Å². The van der Waals surface area contributed by atoms with Crippen molar-refractivity contribution < 1.29 is 0 Å². The Kier molecular flexibility index (Phi) is 2.24. The Labute approximate surface area is 120 Å². The number of benzene rings is 2. The molecular formula is C15H14N6. The number of anilines is 2. The first kappa shape index (κ1) is 11.8. The van der Waals surface area contributed by atoms with Crippen molar-refractivity contribution in [3.8, 4) is 11.4 Å². The van der Waals surface area contributed by atoms with Gasteiger partial charge in [0, 0.05) is 24.0 Å². The number of aryl methyl sites for hydroxylation is 1. The molecule has 104 valence electrons. The zero-order valence-electron chi connectivity index (χ0n) is 11.5. The van der Waals surface area contributed by atoms with Gasteiger partial charge in [0.2, 0.25) is 5.78 Å². The maximum Gasteiger partial charge on any atom is 0.236 e. The largest absolute Gasteiger partial charge is 0.399 e. The van der Waals surface area contributed by atoms with E-state index in [9.17, 15) is 0 Å². The maximum absolute atomic E-state index is 5.92. The van der Waals surface area contributed by atoms with Crippen LogP contribution in [0.5, 0.6) is 0 Å². The Bertz CT molecular complexity index is 961. The summed E-state index contributed by atoms with van der Waals surface area (Å²) in [5, 5.41) is 8.59. The number of fused-ring (bicyclic) bond motifs is 3. The van der Waals surface area contributed by atoms with E-state index in [-0.39, 0.29) is 0 Å². The lowest BCUT2D eigenvalue weighted by atomic mass is 10.2. The van der Waals surface area contributed by atoms with E-state index in [0.29, 0.717) is 5.69 Å². The molecule has 2 aromatic carbocycles. The molecular weight excluding hydrogens is 264 g/mol. The lowest BCUT2D eigenvalue weighted by Gasteiger charge is -2.00. The standard InChI is InChI=1S/C15H14N6/c1-20-12-7-6-11(17)8-13(12)21-14(18-19-15(20)21)9-2-4-10(16)5-3-9/h2-8H,16-17H2,1H3. The van der Waals surface area contributed by atoms with E-state index in [1.807, 2.05) is 58.5 Å². The maximum atomic E-state index is 5.92.